The summed E-state index contributed by atoms with van der Waals surface area (Å²) >= 11 is 0. The molecule has 1 aromatic rings. The third-order valence-electron chi connectivity index (χ3n) is 2.29. The lowest BCUT2D eigenvalue weighted by molar-refractivity contribution is 0.0521. The van der Waals surface area contributed by atoms with Crippen LogP contribution in [0.25, 0.3) is 0 Å². The predicted octanol–water partition coefficient (Wildman–Crippen LogP) is -0.364. The molecule has 0 fully saturated rings. The van der Waals surface area contributed by atoms with E-state index >= 15 is 0 Å². The fourth-order valence-electron chi connectivity index (χ4n) is 1.41. The van der Waals surface area contributed by atoms with E-state index in [1.807, 2.05) is 0 Å². The summed E-state index contributed by atoms with van der Waals surface area (Å²) in [6, 6.07) is -0.464. The highest BCUT2D eigenvalue weighted by Gasteiger charge is 2.26. The highest BCUT2D eigenvalue weighted by atomic mass is 32.2. The van der Waals surface area contributed by atoms with Gasteiger partial charge in [0, 0.05) is 12.6 Å². The topological polar surface area (TPSA) is 121 Å². The summed E-state index contributed by atoms with van der Waals surface area (Å²) in [5, 5.41) is 14.2. The number of nitrogens with one attached hydrogen (secondary N) is 2. The Labute approximate surface area is 111 Å². The minimum atomic E-state index is -3.91. The lowest BCUT2D eigenvalue weighted by Crippen LogP contribution is -2.34. The van der Waals surface area contributed by atoms with Crippen molar-refractivity contribution < 1.29 is 23.1 Å². The molecule has 8 nitrogen and oxygen atoms in total. The Kier molecular flexibility index (Phi) is 5.45. The number of ether oxygens (including phenoxy) is 1. The molecule has 1 atom stereocenters. The fraction of sp³-hybridized carbons (Fsp3) is 0.600. The summed E-state index contributed by atoms with van der Waals surface area (Å²) in [6.45, 7) is 3.22. The van der Waals surface area contributed by atoms with Gasteiger partial charge in [0.15, 0.2) is 5.03 Å². The van der Waals surface area contributed by atoms with E-state index in [-0.39, 0.29) is 30.2 Å². The number of aromatic amines is 1. The van der Waals surface area contributed by atoms with Crippen molar-refractivity contribution in [3.05, 3.63) is 11.8 Å². The first kappa shape index (κ1) is 15.6. The number of aromatic nitrogens is 2. The van der Waals surface area contributed by atoms with Gasteiger partial charge in [-0.1, -0.05) is 0 Å². The molecule has 1 rings (SSSR count). The number of aliphatic hydroxyl groups excluding tert-OH is 1. The van der Waals surface area contributed by atoms with Crippen LogP contribution < -0.4 is 4.72 Å². The Morgan fingerprint density at radius 1 is 1.63 bits per heavy atom. The standard InChI is InChI=1S/C10H17N3O5S/c1-3-18-10(15)8-6-11-12-9(8)19(16,17)13-7(2)4-5-14/h6-7,13-14H,3-5H2,1-2H3,(H,11,12). The first-order chi connectivity index (χ1) is 8.92. The van der Waals surface area contributed by atoms with E-state index < -0.39 is 22.0 Å². The second-order valence-electron chi connectivity index (χ2n) is 3.87. The predicted molar refractivity (Wildman–Crippen MR) is 66.0 cm³/mol. The molecule has 108 valence electrons. The Hall–Kier alpha value is -1.45. The second kappa shape index (κ2) is 6.64. The van der Waals surface area contributed by atoms with E-state index in [1.165, 1.54) is 0 Å². The van der Waals surface area contributed by atoms with Gasteiger partial charge in [0.05, 0.1) is 12.8 Å². The maximum atomic E-state index is 12.0. The number of hydrogen-bond acceptors (Lipinski definition) is 6. The summed E-state index contributed by atoms with van der Waals surface area (Å²) in [7, 11) is -3.91. The maximum Gasteiger partial charge on any atom is 0.342 e. The highest BCUT2D eigenvalue weighted by Crippen LogP contribution is 2.14. The molecular formula is C10H17N3O5S. The van der Waals surface area contributed by atoms with Crippen LogP contribution in [-0.4, -0.2) is 48.9 Å². The number of nitrogens with zero attached hydrogens (tertiary/aromatic N) is 1. The largest absolute Gasteiger partial charge is 0.462 e. The first-order valence-electron chi connectivity index (χ1n) is 5.76. The molecule has 3 N–H and O–H groups in total. The van der Waals surface area contributed by atoms with Crippen molar-refractivity contribution in [2.45, 2.75) is 31.3 Å². The van der Waals surface area contributed by atoms with Crippen LogP contribution in [0.1, 0.15) is 30.6 Å². The number of sulfonamides is 1. The molecule has 19 heavy (non-hydrogen) atoms. The zero-order chi connectivity index (χ0) is 14.5. The third-order valence-corrected chi connectivity index (χ3v) is 3.85. The normalized spacial score (nSPS) is 13.2. The number of hydrogen-bond donors (Lipinski definition) is 3. The molecule has 0 aromatic carbocycles. The number of carbonyl (C=O) groups excluding carboxylic acids is 1. The number of esters is 1. The van der Waals surface area contributed by atoms with Crippen molar-refractivity contribution in [2.75, 3.05) is 13.2 Å². The van der Waals surface area contributed by atoms with Crippen LogP contribution in [0.15, 0.2) is 11.2 Å². The molecular weight excluding hydrogens is 274 g/mol. The maximum absolute atomic E-state index is 12.0. The zero-order valence-corrected chi connectivity index (χ0v) is 11.5. The van der Waals surface area contributed by atoms with Crippen molar-refractivity contribution in [3.8, 4) is 0 Å². The van der Waals surface area contributed by atoms with Gasteiger partial charge in [0.25, 0.3) is 10.0 Å². The van der Waals surface area contributed by atoms with E-state index in [0.717, 1.165) is 6.20 Å². The Bertz CT molecular complexity index is 525. The molecule has 0 radical (unpaired) electrons. The van der Waals surface area contributed by atoms with Gasteiger partial charge in [0.1, 0.15) is 5.56 Å². The molecule has 0 spiro atoms. The van der Waals surface area contributed by atoms with Gasteiger partial charge in [-0.25, -0.2) is 17.9 Å². The minimum Gasteiger partial charge on any atom is -0.462 e. The van der Waals surface area contributed by atoms with Crippen molar-refractivity contribution in [2.24, 2.45) is 0 Å². The van der Waals surface area contributed by atoms with Gasteiger partial charge < -0.3 is 9.84 Å². The summed E-state index contributed by atoms with van der Waals surface area (Å²) in [4.78, 5) is 11.6. The smallest absolute Gasteiger partial charge is 0.342 e. The summed E-state index contributed by atoms with van der Waals surface area (Å²) in [5.41, 5.74) is -0.148. The van der Waals surface area contributed by atoms with Crippen molar-refractivity contribution in [1.82, 2.24) is 14.9 Å². The Morgan fingerprint density at radius 2 is 2.32 bits per heavy atom. The van der Waals surface area contributed by atoms with Crippen LogP contribution in [-0.2, 0) is 14.8 Å². The van der Waals surface area contributed by atoms with Gasteiger partial charge in [-0.3, -0.25) is 5.10 Å². The molecule has 0 amide bonds. The zero-order valence-electron chi connectivity index (χ0n) is 10.7. The number of carbonyl (C=O) groups is 1. The van der Waals surface area contributed by atoms with Gasteiger partial charge >= 0.3 is 5.97 Å². The minimum absolute atomic E-state index is 0.137. The van der Waals surface area contributed by atoms with E-state index in [1.54, 1.807) is 13.8 Å². The third kappa shape index (κ3) is 4.01. The highest BCUT2D eigenvalue weighted by molar-refractivity contribution is 7.89. The molecule has 1 unspecified atom stereocenters. The average Bonchev–Trinajstić information content (AvgIpc) is 2.78. The van der Waals surface area contributed by atoms with Gasteiger partial charge in [0.2, 0.25) is 0 Å². The summed E-state index contributed by atoms with van der Waals surface area (Å²) in [6.07, 6.45) is 1.37. The van der Waals surface area contributed by atoms with E-state index in [9.17, 15) is 13.2 Å². The van der Waals surface area contributed by atoms with E-state index in [2.05, 4.69) is 14.9 Å². The number of H-pyrrole nitrogens is 1. The van der Waals surface area contributed by atoms with Crippen LogP contribution in [0.5, 0.6) is 0 Å². The first-order valence-corrected chi connectivity index (χ1v) is 7.24. The molecule has 1 heterocycles. The number of rotatable bonds is 7. The molecule has 0 saturated carbocycles. The van der Waals surface area contributed by atoms with Gasteiger partial charge in [-0.05, 0) is 20.3 Å². The van der Waals surface area contributed by atoms with Crippen LogP contribution in [0.4, 0.5) is 0 Å². The van der Waals surface area contributed by atoms with E-state index in [0.29, 0.717) is 0 Å². The molecule has 0 bridgehead atoms. The van der Waals surface area contributed by atoms with Crippen molar-refractivity contribution >= 4 is 16.0 Å². The monoisotopic (exact) mass is 291 g/mol. The van der Waals surface area contributed by atoms with E-state index in [4.69, 9.17) is 9.84 Å². The lowest BCUT2D eigenvalue weighted by atomic mass is 10.3. The molecule has 9 heteroatoms. The van der Waals surface area contributed by atoms with Crippen LogP contribution in [0, 0.1) is 0 Å². The average molecular weight is 291 g/mol. The van der Waals surface area contributed by atoms with Crippen LogP contribution >= 0.6 is 0 Å². The van der Waals surface area contributed by atoms with Crippen molar-refractivity contribution in [1.29, 1.82) is 0 Å². The molecule has 0 aliphatic rings. The van der Waals surface area contributed by atoms with Gasteiger partial charge in [-0.2, -0.15) is 5.10 Å². The SMILES string of the molecule is CCOC(=O)c1cn[nH]c1S(=O)(=O)NC(C)CCO. The molecule has 0 aliphatic carbocycles. The van der Waals surface area contributed by atoms with Crippen molar-refractivity contribution in [3.63, 3.8) is 0 Å². The molecule has 0 saturated heterocycles. The fourth-order valence-corrected chi connectivity index (χ4v) is 2.77. The summed E-state index contributed by atoms with van der Waals surface area (Å²) in [5.74, 6) is -0.758. The summed E-state index contributed by atoms with van der Waals surface area (Å²) < 4.78 is 31.1. The molecule has 1 aromatic heterocycles. The Morgan fingerprint density at radius 3 is 2.89 bits per heavy atom. The Balaban J connectivity index is 2.96. The van der Waals surface area contributed by atoms with Gasteiger partial charge in [-0.15, -0.1) is 0 Å². The lowest BCUT2D eigenvalue weighted by Gasteiger charge is -2.12. The number of aliphatic hydroxyl groups is 1. The quantitative estimate of drug-likeness (QED) is 0.590. The second-order valence-corrected chi connectivity index (χ2v) is 5.52. The molecule has 0 aliphatic heterocycles. The van der Waals surface area contributed by atoms with Crippen LogP contribution in [0.2, 0.25) is 0 Å². The van der Waals surface area contributed by atoms with Crippen LogP contribution in [0.3, 0.4) is 0 Å².